The molecule has 0 aromatic heterocycles. The van der Waals surface area contributed by atoms with Crippen LogP contribution in [0.1, 0.15) is 154 Å². The van der Waals surface area contributed by atoms with Gasteiger partial charge in [-0.15, -0.1) is 0 Å². The molecule has 338 valence electrons. The normalized spacial score (nSPS) is 12.5. The highest BCUT2D eigenvalue weighted by Crippen LogP contribution is 2.55. The first-order chi connectivity index (χ1) is 31.1. The summed E-state index contributed by atoms with van der Waals surface area (Å²) in [5.74, 6) is 1.03. The number of aromatic hydroxyl groups is 2. The first-order valence-electron chi connectivity index (χ1n) is 24.2. The first kappa shape index (κ1) is 46.4. The molecule has 0 heterocycles. The van der Waals surface area contributed by atoms with E-state index in [9.17, 15) is 10.2 Å². The fraction of sp³-hybridized carbons (Fsp3) is 0.312. The lowest BCUT2D eigenvalue weighted by molar-refractivity contribution is 0.472. The molecule has 0 saturated heterocycles. The van der Waals surface area contributed by atoms with E-state index in [1.807, 2.05) is 12.1 Å². The van der Waals surface area contributed by atoms with Crippen LogP contribution in [0.15, 0.2) is 133 Å². The lowest BCUT2D eigenvalue weighted by Gasteiger charge is -2.26. The van der Waals surface area contributed by atoms with Crippen molar-refractivity contribution in [1.82, 2.24) is 0 Å². The highest BCUT2D eigenvalue weighted by Gasteiger charge is 2.29. The molecule has 0 spiro atoms. The minimum atomic E-state index is 0.0661. The second-order valence-electron chi connectivity index (χ2n) is 22.1. The summed E-state index contributed by atoms with van der Waals surface area (Å²) in [6, 6.07) is 48.4. The molecule has 8 aromatic carbocycles. The summed E-state index contributed by atoms with van der Waals surface area (Å²) in [7, 11) is 0. The molecule has 66 heavy (non-hydrogen) atoms. The van der Waals surface area contributed by atoms with E-state index in [2.05, 4.69) is 218 Å². The lowest BCUT2D eigenvalue weighted by Crippen LogP contribution is -2.10. The van der Waals surface area contributed by atoms with E-state index in [0.717, 1.165) is 43.8 Å². The largest absolute Gasteiger partial charge is 0.507 e. The number of rotatable bonds is 9. The molecular formula is C64H70O2. The Kier molecular flexibility index (Phi) is 12.4. The van der Waals surface area contributed by atoms with Crippen LogP contribution in [0.3, 0.4) is 0 Å². The van der Waals surface area contributed by atoms with Crippen LogP contribution < -0.4 is 0 Å². The topological polar surface area (TPSA) is 40.5 Å². The van der Waals surface area contributed by atoms with Crippen molar-refractivity contribution in [2.24, 2.45) is 0 Å². The molecule has 0 radical (unpaired) electrons. The van der Waals surface area contributed by atoms with Gasteiger partial charge in [-0.05, 0) is 135 Å². The van der Waals surface area contributed by atoms with E-state index in [1.165, 1.54) is 55.6 Å². The Labute approximate surface area is 395 Å². The zero-order valence-corrected chi connectivity index (χ0v) is 41.9. The standard InChI is InChI=1S/C64H70O2/c1-37(2)51-33-45(41-23-27-47(28-24-41)63(9,10)11)34-52(38(3)4)57(51)55-31-43-19-15-17-21-49(43)59(61(55)65)60-50-22-18-16-20-44(50)32-56(62(60)66)58-53(39(5)6)35-46(36-54(58)40(7)8)42-25-29-48(30-26-42)64(12,13)14/h15-40,65-66H,1-14H3. The minimum Gasteiger partial charge on any atom is -0.507 e. The van der Waals surface area contributed by atoms with Crippen molar-refractivity contribution in [3.8, 4) is 67.1 Å². The van der Waals surface area contributed by atoms with E-state index in [1.54, 1.807) is 0 Å². The Morgan fingerprint density at radius 1 is 0.333 bits per heavy atom. The number of phenolic OH excluding ortho intramolecular Hbond substituents is 2. The molecule has 0 aliphatic rings. The number of hydrogen-bond acceptors (Lipinski definition) is 2. The molecule has 0 bridgehead atoms. The van der Waals surface area contributed by atoms with Crippen LogP contribution in [-0.4, -0.2) is 10.2 Å². The highest BCUT2D eigenvalue weighted by atomic mass is 16.3. The summed E-state index contributed by atoms with van der Waals surface area (Å²) in [5, 5.41) is 30.3. The highest BCUT2D eigenvalue weighted by molar-refractivity contribution is 6.14. The number of phenols is 2. The van der Waals surface area contributed by atoms with Crippen molar-refractivity contribution in [2.75, 3.05) is 0 Å². The van der Waals surface area contributed by atoms with Gasteiger partial charge in [-0.2, -0.15) is 0 Å². The smallest absolute Gasteiger partial charge is 0.132 e. The Bertz CT molecular complexity index is 2820. The van der Waals surface area contributed by atoms with Crippen LogP contribution in [0.25, 0.3) is 77.2 Å². The molecule has 8 rings (SSSR count). The molecule has 0 saturated carbocycles. The zero-order chi connectivity index (χ0) is 47.6. The maximum Gasteiger partial charge on any atom is 0.132 e. The van der Waals surface area contributed by atoms with Gasteiger partial charge in [-0.25, -0.2) is 0 Å². The molecule has 0 atom stereocenters. The summed E-state index contributed by atoms with van der Waals surface area (Å²) in [5.41, 5.74) is 17.2. The van der Waals surface area contributed by atoms with Gasteiger partial charge in [-0.3, -0.25) is 0 Å². The Morgan fingerprint density at radius 2 is 0.621 bits per heavy atom. The molecule has 8 aromatic rings. The molecule has 0 amide bonds. The van der Waals surface area contributed by atoms with Crippen molar-refractivity contribution in [3.05, 3.63) is 167 Å². The SMILES string of the molecule is CC(C)c1cc(-c2ccc(C(C)(C)C)cc2)cc(C(C)C)c1-c1cc2ccccc2c(-c2c(O)c(-c3c(C(C)C)cc(-c4ccc(C(C)(C)C)cc4)cc3C(C)C)cc3ccccc23)c1O. The van der Waals surface area contributed by atoms with E-state index < -0.39 is 0 Å². The van der Waals surface area contributed by atoms with Crippen molar-refractivity contribution < 1.29 is 10.2 Å². The van der Waals surface area contributed by atoms with Crippen LogP contribution >= 0.6 is 0 Å². The number of benzene rings is 8. The third kappa shape index (κ3) is 8.56. The van der Waals surface area contributed by atoms with Crippen molar-refractivity contribution in [2.45, 2.75) is 131 Å². The quantitative estimate of drug-likeness (QED) is 0.152. The molecule has 0 fully saturated rings. The molecule has 0 aliphatic carbocycles. The van der Waals surface area contributed by atoms with Crippen LogP contribution in [0.2, 0.25) is 0 Å². The maximum atomic E-state index is 13.3. The van der Waals surface area contributed by atoms with Crippen LogP contribution in [0.4, 0.5) is 0 Å². The third-order valence-electron chi connectivity index (χ3n) is 13.9. The minimum absolute atomic E-state index is 0.0661. The van der Waals surface area contributed by atoms with Gasteiger partial charge in [0.1, 0.15) is 11.5 Å². The summed E-state index contributed by atoms with van der Waals surface area (Å²) < 4.78 is 0. The number of hydrogen-bond donors (Lipinski definition) is 2. The van der Waals surface area contributed by atoms with Gasteiger partial charge >= 0.3 is 0 Å². The molecule has 2 heteroatoms. The Morgan fingerprint density at radius 3 is 0.894 bits per heavy atom. The van der Waals surface area contributed by atoms with Gasteiger partial charge in [-0.1, -0.05) is 218 Å². The van der Waals surface area contributed by atoms with Gasteiger partial charge < -0.3 is 10.2 Å². The Hall–Kier alpha value is -6.12. The second-order valence-corrected chi connectivity index (χ2v) is 22.1. The summed E-state index contributed by atoms with van der Waals surface area (Å²) >= 11 is 0. The predicted molar refractivity (Wildman–Crippen MR) is 286 cm³/mol. The molecule has 0 aliphatic heterocycles. The summed E-state index contributed by atoms with van der Waals surface area (Å²) in [6.07, 6.45) is 0. The fourth-order valence-corrected chi connectivity index (χ4v) is 10.0. The van der Waals surface area contributed by atoms with E-state index in [4.69, 9.17) is 0 Å². The van der Waals surface area contributed by atoms with Gasteiger partial charge in [0.05, 0.1) is 0 Å². The van der Waals surface area contributed by atoms with Gasteiger partial charge in [0.25, 0.3) is 0 Å². The zero-order valence-electron chi connectivity index (χ0n) is 41.9. The third-order valence-corrected chi connectivity index (χ3v) is 13.9. The molecule has 2 nitrogen and oxygen atoms in total. The van der Waals surface area contributed by atoms with Gasteiger partial charge in [0, 0.05) is 22.3 Å². The second kappa shape index (κ2) is 17.6. The van der Waals surface area contributed by atoms with E-state index in [-0.39, 0.29) is 46.0 Å². The number of fused-ring (bicyclic) bond motifs is 2. The maximum absolute atomic E-state index is 13.3. The van der Waals surface area contributed by atoms with Crippen LogP contribution in [-0.2, 0) is 10.8 Å². The van der Waals surface area contributed by atoms with Crippen molar-refractivity contribution in [3.63, 3.8) is 0 Å². The van der Waals surface area contributed by atoms with Crippen molar-refractivity contribution >= 4 is 21.5 Å². The van der Waals surface area contributed by atoms with E-state index in [0.29, 0.717) is 11.1 Å². The van der Waals surface area contributed by atoms with Gasteiger partial charge in [0.2, 0.25) is 0 Å². The molecule has 2 N–H and O–H groups in total. The average Bonchev–Trinajstić information content (AvgIpc) is 3.27. The van der Waals surface area contributed by atoms with E-state index >= 15 is 0 Å². The molecular weight excluding hydrogens is 801 g/mol. The van der Waals surface area contributed by atoms with Gasteiger partial charge in [0.15, 0.2) is 0 Å². The summed E-state index contributed by atoms with van der Waals surface area (Å²) in [4.78, 5) is 0. The fourth-order valence-electron chi connectivity index (χ4n) is 10.0. The average molecular weight is 871 g/mol. The van der Waals surface area contributed by atoms with Crippen LogP contribution in [0.5, 0.6) is 11.5 Å². The Balaban J connectivity index is 1.42. The molecule has 0 unspecified atom stereocenters. The monoisotopic (exact) mass is 871 g/mol. The van der Waals surface area contributed by atoms with Crippen LogP contribution in [0, 0.1) is 0 Å². The first-order valence-corrected chi connectivity index (χ1v) is 24.2. The predicted octanol–water partition coefficient (Wildman–Crippen LogP) is 18.8. The summed E-state index contributed by atoms with van der Waals surface area (Å²) in [6.45, 7) is 31.5. The lowest BCUT2D eigenvalue weighted by atomic mass is 9.78. The van der Waals surface area contributed by atoms with Crippen molar-refractivity contribution in [1.29, 1.82) is 0 Å².